The van der Waals surface area contributed by atoms with Gasteiger partial charge < -0.3 is 5.32 Å². The van der Waals surface area contributed by atoms with E-state index in [-0.39, 0.29) is 11.9 Å². The van der Waals surface area contributed by atoms with Crippen LogP contribution in [0.4, 0.5) is 0 Å². The molecule has 2 N–H and O–H groups in total. The molecule has 1 aromatic heterocycles. The molecule has 0 spiro atoms. The summed E-state index contributed by atoms with van der Waals surface area (Å²) in [6, 6.07) is 10.7. The highest BCUT2D eigenvalue weighted by Gasteiger charge is 2.24. The van der Waals surface area contributed by atoms with Gasteiger partial charge in [-0.15, -0.1) is 5.10 Å². The minimum absolute atomic E-state index is 0.0683. The number of rotatable bonds is 7. The Labute approximate surface area is 164 Å². The molecule has 1 aromatic carbocycles. The first-order chi connectivity index (χ1) is 13.3. The molecule has 1 unspecified atom stereocenters. The van der Waals surface area contributed by atoms with Gasteiger partial charge in [0, 0.05) is 31.6 Å². The number of likely N-dealkylation sites (tertiary alicyclic amines) is 1. The highest BCUT2D eigenvalue weighted by atomic mass is 32.2. The van der Waals surface area contributed by atoms with E-state index in [2.05, 4.69) is 49.7 Å². The molecule has 2 heterocycles. The van der Waals surface area contributed by atoms with Gasteiger partial charge in [0.25, 0.3) is 0 Å². The van der Waals surface area contributed by atoms with Crippen molar-refractivity contribution in [2.75, 3.05) is 18.8 Å². The molecule has 2 aliphatic rings. The van der Waals surface area contributed by atoms with E-state index in [1.807, 2.05) is 6.07 Å². The van der Waals surface area contributed by atoms with Crippen LogP contribution in [0.3, 0.4) is 0 Å². The molecule has 1 saturated carbocycles. The van der Waals surface area contributed by atoms with E-state index in [0.29, 0.717) is 16.8 Å². The molecular weight excluding hydrogens is 358 g/mol. The third kappa shape index (κ3) is 5.11. The molecule has 1 saturated heterocycles. The van der Waals surface area contributed by atoms with Gasteiger partial charge in [0.1, 0.15) is 5.82 Å². The molecular formula is C20H27N5OS. The number of nitrogens with zero attached hydrogens (tertiary/aromatic N) is 3. The molecule has 0 bridgehead atoms. The van der Waals surface area contributed by atoms with E-state index in [4.69, 9.17) is 0 Å². The number of hydrogen-bond donors (Lipinski definition) is 2. The van der Waals surface area contributed by atoms with Crippen LogP contribution in [0.5, 0.6) is 0 Å². The number of carbonyl (C=O) groups excluding carboxylic acids is 1. The Kier molecular flexibility index (Phi) is 6.09. The van der Waals surface area contributed by atoms with E-state index in [1.165, 1.54) is 43.0 Å². The van der Waals surface area contributed by atoms with Crippen molar-refractivity contribution in [2.45, 2.75) is 55.8 Å². The van der Waals surface area contributed by atoms with Crippen LogP contribution < -0.4 is 5.32 Å². The molecule has 27 heavy (non-hydrogen) atoms. The monoisotopic (exact) mass is 385 g/mol. The Bertz CT molecular complexity index is 744. The molecule has 0 radical (unpaired) electrons. The van der Waals surface area contributed by atoms with Gasteiger partial charge in [-0.3, -0.25) is 14.8 Å². The molecule has 2 aromatic rings. The average Bonchev–Trinajstić information content (AvgIpc) is 3.43. The summed E-state index contributed by atoms with van der Waals surface area (Å²) in [5.74, 6) is 1.95. The molecule has 1 amide bonds. The van der Waals surface area contributed by atoms with Crippen molar-refractivity contribution in [3.63, 3.8) is 0 Å². The summed E-state index contributed by atoms with van der Waals surface area (Å²) >= 11 is 1.42. The van der Waals surface area contributed by atoms with Crippen molar-refractivity contribution in [1.82, 2.24) is 25.4 Å². The highest BCUT2D eigenvalue weighted by molar-refractivity contribution is 7.99. The normalized spacial score (nSPS) is 21.0. The largest absolute Gasteiger partial charge is 0.351 e. The minimum Gasteiger partial charge on any atom is -0.351 e. The van der Waals surface area contributed by atoms with Crippen LogP contribution in [0.15, 0.2) is 35.5 Å². The van der Waals surface area contributed by atoms with Crippen LogP contribution in [-0.2, 0) is 11.3 Å². The number of aromatic nitrogens is 3. The minimum atomic E-state index is 0.0683. The van der Waals surface area contributed by atoms with Crippen molar-refractivity contribution < 1.29 is 4.79 Å². The van der Waals surface area contributed by atoms with Crippen LogP contribution >= 0.6 is 11.8 Å². The first-order valence-corrected chi connectivity index (χ1v) is 10.9. The third-order valence-corrected chi connectivity index (χ3v) is 6.29. The van der Waals surface area contributed by atoms with Crippen LogP contribution in [0.25, 0.3) is 0 Å². The molecule has 1 aliphatic carbocycles. The van der Waals surface area contributed by atoms with Gasteiger partial charge in [-0.1, -0.05) is 54.9 Å². The Morgan fingerprint density at radius 2 is 2.04 bits per heavy atom. The van der Waals surface area contributed by atoms with Crippen LogP contribution in [0.2, 0.25) is 0 Å². The Morgan fingerprint density at radius 3 is 2.85 bits per heavy atom. The zero-order valence-electron chi connectivity index (χ0n) is 15.6. The Hall–Kier alpha value is -1.86. The van der Waals surface area contributed by atoms with E-state index >= 15 is 0 Å². The van der Waals surface area contributed by atoms with E-state index in [1.54, 1.807) is 0 Å². The molecule has 1 aliphatic heterocycles. The van der Waals surface area contributed by atoms with Crippen molar-refractivity contribution in [3.8, 4) is 0 Å². The van der Waals surface area contributed by atoms with Crippen molar-refractivity contribution >= 4 is 17.7 Å². The lowest BCUT2D eigenvalue weighted by Gasteiger charge is -2.16. The van der Waals surface area contributed by atoms with E-state index in [0.717, 1.165) is 31.9 Å². The predicted molar refractivity (Wildman–Crippen MR) is 107 cm³/mol. The SMILES string of the molecule is O=C(CSc1n[nH]c(C2CCCC2)n1)NC1CCN(Cc2ccccc2)C1. The van der Waals surface area contributed by atoms with E-state index in [9.17, 15) is 4.79 Å². The van der Waals surface area contributed by atoms with Gasteiger partial charge in [0.2, 0.25) is 11.1 Å². The summed E-state index contributed by atoms with van der Waals surface area (Å²) in [5, 5.41) is 11.2. The maximum absolute atomic E-state index is 12.3. The van der Waals surface area contributed by atoms with Crippen LogP contribution in [0, 0.1) is 0 Å². The maximum Gasteiger partial charge on any atom is 0.230 e. The maximum atomic E-state index is 12.3. The van der Waals surface area contributed by atoms with Gasteiger partial charge in [-0.2, -0.15) is 0 Å². The Morgan fingerprint density at radius 1 is 1.22 bits per heavy atom. The molecule has 4 rings (SSSR count). The number of carbonyl (C=O) groups is 1. The second-order valence-corrected chi connectivity index (χ2v) is 8.49. The van der Waals surface area contributed by atoms with Crippen molar-refractivity contribution in [3.05, 3.63) is 41.7 Å². The van der Waals surface area contributed by atoms with Crippen LogP contribution in [-0.4, -0.2) is 50.9 Å². The average molecular weight is 386 g/mol. The number of benzene rings is 1. The lowest BCUT2D eigenvalue weighted by molar-refractivity contribution is -0.119. The fourth-order valence-electron chi connectivity index (χ4n) is 4.04. The van der Waals surface area contributed by atoms with Gasteiger partial charge in [0.05, 0.1) is 5.75 Å². The van der Waals surface area contributed by atoms with Gasteiger partial charge in [-0.05, 0) is 24.8 Å². The van der Waals surface area contributed by atoms with Crippen molar-refractivity contribution in [2.24, 2.45) is 0 Å². The molecule has 2 fully saturated rings. The Balaban J connectivity index is 1.18. The number of hydrogen-bond acceptors (Lipinski definition) is 5. The molecule has 6 nitrogen and oxygen atoms in total. The number of aromatic amines is 1. The summed E-state index contributed by atoms with van der Waals surface area (Å²) in [6.45, 7) is 2.89. The third-order valence-electron chi connectivity index (χ3n) is 5.44. The summed E-state index contributed by atoms with van der Waals surface area (Å²) in [5.41, 5.74) is 1.32. The summed E-state index contributed by atoms with van der Waals surface area (Å²) in [7, 11) is 0. The summed E-state index contributed by atoms with van der Waals surface area (Å²) < 4.78 is 0. The standard InChI is InChI=1S/C20H27N5OS/c26-18(14-27-20-22-19(23-24-20)16-8-4-5-9-16)21-17-10-11-25(13-17)12-15-6-2-1-3-7-15/h1-3,6-7,16-17H,4-5,8-14H2,(H,21,26)(H,22,23,24). The quantitative estimate of drug-likeness (QED) is 0.717. The lowest BCUT2D eigenvalue weighted by atomic mass is 10.1. The van der Waals surface area contributed by atoms with Gasteiger partial charge in [0.15, 0.2) is 0 Å². The number of amides is 1. The fraction of sp³-hybridized carbons (Fsp3) is 0.550. The smallest absolute Gasteiger partial charge is 0.230 e. The highest BCUT2D eigenvalue weighted by Crippen LogP contribution is 2.32. The zero-order chi connectivity index (χ0) is 18.5. The summed E-state index contributed by atoms with van der Waals surface area (Å²) in [6.07, 6.45) is 5.95. The van der Waals surface area contributed by atoms with Crippen molar-refractivity contribution in [1.29, 1.82) is 0 Å². The first kappa shape index (κ1) is 18.5. The molecule has 144 valence electrons. The number of nitrogens with one attached hydrogen (secondary N) is 2. The summed E-state index contributed by atoms with van der Waals surface area (Å²) in [4.78, 5) is 19.2. The predicted octanol–water partition coefficient (Wildman–Crippen LogP) is 2.95. The first-order valence-electron chi connectivity index (χ1n) is 9.87. The molecule has 1 atom stereocenters. The second-order valence-electron chi connectivity index (χ2n) is 7.55. The zero-order valence-corrected chi connectivity index (χ0v) is 16.4. The van der Waals surface area contributed by atoms with Gasteiger partial charge in [-0.25, -0.2) is 4.98 Å². The number of thioether (sulfide) groups is 1. The topological polar surface area (TPSA) is 73.9 Å². The van der Waals surface area contributed by atoms with E-state index < -0.39 is 0 Å². The van der Waals surface area contributed by atoms with Crippen LogP contribution in [0.1, 0.15) is 49.4 Å². The lowest BCUT2D eigenvalue weighted by Crippen LogP contribution is -2.38. The second kappa shape index (κ2) is 8.89. The molecule has 7 heteroatoms. The van der Waals surface area contributed by atoms with Gasteiger partial charge >= 0.3 is 0 Å². The number of H-pyrrole nitrogens is 1. The fourth-order valence-corrected chi connectivity index (χ4v) is 4.66.